The predicted molar refractivity (Wildman–Crippen MR) is 58.2 cm³/mol. The van der Waals surface area contributed by atoms with Crippen LogP contribution < -0.4 is 0 Å². The largest absolute Gasteiger partial charge is 0.390 e. The van der Waals surface area contributed by atoms with E-state index in [9.17, 15) is 9.90 Å². The summed E-state index contributed by atoms with van der Waals surface area (Å²) in [6.45, 7) is 0. The summed E-state index contributed by atoms with van der Waals surface area (Å²) in [5, 5.41) is 10.4. The Hall–Kier alpha value is 0.210. The van der Waals surface area contributed by atoms with Gasteiger partial charge in [0.15, 0.2) is 0 Å². The topological polar surface area (TPSA) is 37.3 Å². The van der Waals surface area contributed by atoms with Crippen molar-refractivity contribution in [2.75, 3.05) is 0 Å². The molecule has 4 aliphatic carbocycles. The van der Waals surface area contributed by atoms with E-state index in [2.05, 4.69) is 0 Å². The van der Waals surface area contributed by atoms with Gasteiger partial charge >= 0.3 is 0 Å². The van der Waals surface area contributed by atoms with Crippen molar-refractivity contribution in [2.24, 2.45) is 11.8 Å². The van der Waals surface area contributed by atoms with E-state index in [1.165, 1.54) is 0 Å². The molecule has 2 atom stereocenters. The highest BCUT2D eigenvalue weighted by molar-refractivity contribution is 6.30. The van der Waals surface area contributed by atoms with Gasteiger partial charge in [-0.1, -0.05) is 0 Å². The number of carbonyl (C=O) groups is 1. The summed E-state index contributed by atoms with van der Waals surface area (Å²) in [5.74, 6) is 0.0915. The monoisotopic (exact) mass is 248 g/mol. The summed E-state index contributed by atoms with van der Waals surface area (Å²) in [7, 11) is 0. The Bertz CT molecular complexity index is 311. The Labute approximate surface area is 98.9 Å². The lowest BCUT2D eigenvalue weighted by Gasteiger charge is -2.63. The van der Waals surface area contributed by atoms with Gasteiger partial charge in [0, 0.05) is 0 Å². The molecule has 0 aromatic heterocycles. The average Bonchev–Trinajstić information content (AvgIpc) is 1.95. The molecule has 2 nitrogen and oxygen atoms in total. The van der Waals surface area contributed by atoms with Crippen molar-refractivity contribution in [1.29, 1.82) is 0 Å². The number of rotatable bonds is 1. The van der Waals surface area contributed by atoms with Gasteiger partial charge in [0.2, 0.25) is 0 Å². The molecule has 15 heavy (non-hydrogen) atoms. The van der Waals surface area contributed by atoms with Crippen LogP contribution in [0.4, 0.5) is 0 Å². The SMILES string of the molecule is O=CC1C2(Cl)CC3CC(O)(C2)CC1(Cl)C3. The van der Waals surface area contributed by atoms with Crippen molar-refractivity contribution in [3.8, 4) is 0 Å². The Balaban J connectivity index is 2.08. The standard InChI is InChI=1S/C11H14Cl2O2/c12-10-2-7-1-9(15,5-10)6-11(13,3-7)8(10)4-14/h4,7-8,15H,1-3,5-6H2. The molecule has 4 heteroatoms. The summed E-state index contributed by atoms with van der Waals surface area (Å²) >= 11 is 13.0. The molecule has 2 unspecified atom stereocenters. The van der Waals surface area contributed by atoms with Crippen molar-refractivity contribution in [3.05, 3.63) is 0 Å². The first-order valence-corrected chi connectivity index (χ1v) is 6.20. The van der Waals surface area contributed by atoms with Gasteiger partial charge in [-0.15, -0.1) is 23.2 Å². The molecule has 0 radical (unpaired) electrons. The van der Waals surface area contributed by atoms with E-state index in [0.717, 1.165) is 25.5 Å². The number of aldehydes is 1. The second-order valence-electron chi connectivity index (χ2n) is 5.74. The zero-order valence-corrected chi connectivity index (χ0v) is 9.89. The zero-order valence-electron chi connectivity index (χ0n) is 8.38. The highest BCUT2D eigenvalue weighted by Crippen LogP contribution is 2.65. The minimum absolute atomic E-state index is 0.301. The van der Waals surface area contributed by atoms with Gasteiger partial charge in [-0.05, 0) is 38.0 Å². The van der Waals surface area contributed by atoms with Crippen LogP contribution in [0.2, 0.25) is 0 Å². The molecule has 1 N–H and O–H groups in total. The third-order valence-corrected chi connectivity index (χ3v) is 5.47. The van der Waals surface area contributed by atoms with Crippen LogP contribution in [0, 0.1) is 11.8 Å². The summed E-state index contributed by atoms with van der Waals surface area (Å²) < 4.78 is 0. The van der Waals surface area contributed by atoms with E-state index in [-0.39, 0.29) is 5.92 Å². The van der Waals surface area contributed by atoms with Crippen molar-refractivity contribution >= 4 is 29.5 Å². The molecule has 0 saturated heterocycles. The van der Waals surface area contributed by atoms with Crippen LogP contribution in [0.25, 0.3) is 0 Å². The molecule has 4 saturated carbocycles. The lowest BCUT2D eigenvalue weighted by Crippen LogP contribution is -2.68. The van der Waals surface area contributed by atoms with Crippen molar-refractivity contribution in [3.63, 3.8) is 0 Å². The Morgan fingerprint density at radius 2 is 1.67 bits per heavy atom. The molecule has 0 heterocycles. The van der Waals surface area contributed by atoms with E-state index >= 15 is 0 Å². The van der Waals surface area contributed by atoms with Crippen molar-refractivity contribution in [2.45, 2.75) is 47.5 Å². The molecule has 4 aliphatic rings. The predicted octanol–water partition coefficient (Wildman–Crippen LogP) is 2.10. The van der Waals surface area contributed by atoms with Crippen molar-refractivity contribution < 1.29 is 9.90 Å². The second-order valence-corrected chi connectivity index (χ2v) is 7.24. The molecule has 0 amide bonds. The fourth-order valence-corrected chi connectivity index (χ4v) is 5.85. The third kappa shape index (κ3) is 1.25. The smallest absolute Gasteiger partial charge is 0.126 e. The van der Waals surface area contributed by atoms with Crippen LogP contribution in [0.3, 0.4) is 0 Å². The van der Waals surface area contributed by atoms with Gasteiger partial charge in [0.05, 0.1) is 21.3 Å². The first-order valence-electron chi connectivity index (χ1n) is 5.45. The summed E-state index contributed by atoms with van der Waals surface area (Å²) in [5.41, 5.74) is -0.718. The van der Waals surface area contributed by atoms with E-state index in [4.69, 9.17) is 23.2 Å². The number of hydrogen-bond donors (Lipinski definition) is 1. The highest BCUT2D eigenvalue weighted by Gasteiger charge is 2.67. The molecule has 0 spiro atoms. The van der Waals surface area contributed by atoms with Crippen LogP contribution in [-0.4, -0.2) is 26.7 Å². The molecular formula is C11H14Cl2O2. The highest BCUT2D eigenvalue weighted by atomic mass is 35.5. The fraction of sp³-hybridized carbons (Fsp3) is 0.909. The number of aliphatic hydroxyl groups is 1. The van der Waals surface area contributed by atoms with Crippen LogP contribution in [-0.2, 0) is 4.79 Å². The Kier molecular flexibility index (Phi) is 1.88. The lowest BCUT2D eigenvalue weighted by molar-refractivity contribution is -0.142. The molecule has 0 aliphatic heterocycles. The molecule has 4 rings (SSSR count). The summed E-state index contributed by atoms with van der Waals surface area (Å²) in [4.78, 5) is 9.99. The molecule has 0 aromatic rings. The normalized spacial score (nSPS) is 62.1. The Morgan fingerprint density at radius 1 is 1.13 bits per heavy atom. The van der Waals surface area contributed by atoms with Crippen LogP contribution in [0.1, 0.15) is 32.1 Å². The van der Waals surface area contributed by atoms with Gasteiger partial charge in [-0.2, -0.15) is 0 Å². The minimum atomic E-state index is -0.718. The quantitative estimate of drug-likeness (QED) is 0.570. The minimum Gasteiger partial charge on any atom is -0.390 e. The van der Waals surface area contributed by atoms with Crippen molar-refractivity contribution in [1.82, 2.24) is 0 Å². The Morgan fingerprint density at radius 3 is 2.07 bits per heavy atom. The van der Waals surface area contributed by atoms with Gasteiger partial charge in [0.25, 0.3) is 0 Å². The van der Waals surface area contributed by atoms with E-state index in [0.29, 0.717) is 18.8 Å². The zero-order chi connectivity index (χ0) is 10.9. The van der Waals surface area contributed by atoms with Gasteiger partial charge in [0.1, 0.15) is 6.29 Å². The average molecular weight is 249 g/mol. The molecule has 0 aromatic carbocycles. The van der Waals surface area contributed by atoms with Crippen LogP contribution in [0.15, 0.2) is 0 Å². The summed E-state index contributed by atoms with van der Waals surface area (Å²) in [6, 6.07) is 0. The van der Waals surface area contributed by atoms with E-state index in [1.807, 2.05) is 0 Å². The van der Waals surface area contributed by atoms with Crippen LogP contribution >= 0.6 is 23.2 Å². The van der Waals surface area contributed by atoms with Crippen LogP contribution in [0.5, 0.6) is 0 Å². The maximum absolute atomic E-state index is 11.2. The van der Waals surface area contributed by atoms with E-state index < -0.39 is 15.3 Å². The fourth-order valence-electron chi connectivity index (χ4n) is 4.34. The van der Waals surface area contributed by atoms with Gasteiger partial charge in [-0.3, -0.25) is 0 Å². The first kappa shape index (κ1) is 10.4. The molecule has 4 fully saturated rings. The van der Waals surface area contributed by atoms with Gasteiger partial charge in [-0.25, -0.2) is 0 Å². The lowest BCUT2D eigenvalue weighted by atomic mass is 9.49. The number of carbonyl (C=O) groups excluding carboxylic acids is 1. The maximum atomic E-state index is 11.2. The van der Waals surface area contributed by atoms with E-state index in [1.54, 1.807) is 0 Å². The van der Waals surface area contributed by atoms with Gasteiger partial charge < -0.3 is 9.90 Å². The number of halogens is 2. The second kappa shape index (κ2) is 2.72. The molecule has 84 valence electrons. The first-order chi connectivity index (χ1) is 6.89. The third-order valence-electron chi connectivity index (χ3n) is 4.42. The molecular weight excluding hydrogens is 235 g/mol. The summed E-state index contributed by atoms with van der Waals surface area (Å²) in [6.07, 6.45) is 4.41. The molecule has 4 bridgehead atoms. The number of hydrogen-bond acceptors (Lipinski definition) is 2. The maximum Gasteiger partial charge on any atom is 0.126 e. The number of alkyl halides is 2.